The zero-order valence-electron chi connectivity index (χ0n) is 13.1. The Morgan fingerprint density at radius 1 is 1.23 bits per heavy atom. The van der Waals surface area contributed by atoms with Gasteiger partial charge in [-0.1, -0.05) is 25.1 Å². The van der Waals surface area contributed by atoms with Gasteiger partial charge in [0, 0.05) is 24.8 Å². The van der Waals surface area contributed by atoms with Gasteiger partial charge in [0.15, 0.2) is 5.82 Å². The summed E-state index contributed by atoms with van der Waals surface area (Å²) in [6.45, 7) is 5.85. The van der Waals surface area contributed by atoms with Crippen molar-refractivity contribution in [2.45, 2.75) is 26.7 Å². The fourth-order valence-electron chi connectivity index (χ4n) is 2.69. The van der Waals surface area contributed by atoms with Gasteiger partial charge in [-0.25, -0.2) is 9.48 Å². The Morgan fingerprint density at radius 3 is 2.59 bits per heavy atom. The fraction of sp³-hybridized carbons (Fsp3) is 0.412. The summed E-state index contributed by atoms with van der Waals surface area (Å²) in [5.74, 6) is 1.34. The third-order valence-corrected chi connectivity index (χ3v) is 4.21. The predicted molar refractivity (Wildman–Crippen MR) is 87.3 cm³/mol. The van der Waals surface area contributed by atoms with Gasteiger partial charge >= 0.3 is 6.03 Å². The minimum atomic E-state index is -0.0479. The van der Waals surface area contributed by atoms with Crippen LogP contribution in [0.15, 0.2) is 36.5 Å². The van der Waals surface area contributed by atoms with Gasteiger partial charge in [-0.15, -0.1) is 5.10 Å². The molecule has 2 aromatic rings. The molecule has 1 N–H and O–H groups in total. The third-order valence-electron chi connectivity index (χ3n) is 4.21. The topological polar surface area (TPSA) is 50.2 Å². The minimum Gasteiger partial charge on any atom is -0.324 e. The van der Waals surface area contributed by atoms with Crippen LogP contribution in [0.1, 0.15) is 25.3 Å². The van der Waals surface area contributed by atoms with Crippen molar-refractivity contribution in [1.82, 2.24) is 14.7 Å². The second-order valence-electron chi connectivity index (χ2n) is 6.04. The number of anilines is 1. The van der Waals surface area contributed by atoms with E-state index in [9.17, 15) is 4.79 Å². The Bertz CT molecular complexity index is 642. The molecule has 0 unspecified atom stereocenters. The minimum absolute atomic E-state index is 0.0479. The van der Waals surface area contributed by atoms with E-state index in [-0.39, 0.29) is 6.03 Å². The van der Waals surface area contributed by atoms with E-state index >= 15 is 0 Å². The van der Waals surface area contributed by atoms with E-state index in [1.54, 1.807) is 4.68 Å². The molecule has 0 radical (unpaired) electrons. The summed E-state index contributed by atoms with van der Waals surface area (Å²) < 4.78 is 1.79. The Hall–Kier alpha value is -2.30. The van der Waals surface area contributed by atoms with Crippen LogP contribution in [0, 0.1) is 12.8 Å². The number of piperidine rings is 1. The number of aryl methyl sites for hydroxylation is 1. The van der Waals surface area contributed by atoms with Crippen LogP contribution in [0.25, 0.3) is 5.69 Å². The van der Waals surface area contributed by atoms with Gasteiger partial charge in [0.25, 0.3) is 0 Å². The van der Waals surface area contributed by atoms with Gasteiger partial charge in [0.05, 0.1) is 5.69 Å². The lowest BCUT2D eigenvalue weighted by molar-refractivity contribution is 0.186. The van der Waals surface area contributed by atoms with Crippen LogP contribution >= 0.6 is 0 Å². The molecule has 5 nitrogen and oxygen atoms in total. The van der Waals surface area contributed by atoms with E-state index in [1.807, 2.05) is 48.4 Å². The fourth-order valence-corrected chi connectivity index (χ4v) is 2.69. The number of para-hydroxylation sites is 1. The molecule has 1 aromatic heterocycles. The highest BCUT2D eigenvalue weighted by Crippen LogP contribution is 2.19. The lowest BCUT2D eigenvalue weighted by Gasteiger charge is -2.30. The molecule has 22 heavy (non-hydrogen) atoms. The number of hydrogen-bond acceptors (Lipinski definition) is 2. The number of nitrogens with one attached hydrogen (secondary N) is 1. The average Bonchev–Trinajstić information content (AvgIpc) is 2.90. The highest BCUT2D eigenvalue weighted by Gasteiger charge is 2.21. The van der Waals surface area contributed by atoms with E-state index < -0.39 is 0 Å². The number of benzene rings is 1. The maximum absolute atomic E-state index is 12.3. The molecule has 116 valence electrons. The van der Waals surface area contributed by atoms with E-state index in [4.69, 9.17) is 0 Å². The first-order valence-corrected chi connectivity index (χ1v) is 7.81. The third kappa shape index (κ3) is 3.13. The van der Waals surface area contributed by atoms with Crippen molar-refractivity contribution < 1.29 is 4.79 Å². The van der Waals surface area contributed by atoms with Crippen LogP contribution in [-0.2, 0) is 0 Å². The first-order chi connectivity index (χ1) is 10.6. The number of nitrogens with zero attached hydrogens (tertiary/aromatic N) is 3. The van der Waals surface area contributed by atoms with E-state index in [0.717, 1.165) is 37.2 Å². The SMILES string of the molecule is Cc1cn(-c2ccccc2)nc1NC(=O)N1CCC(C)CC1. The Morgan fingerprint density at radius 2 is 1.91 bits per heavy atom. The predicted octanol–water partition coefficient (Wildman–Crippen LogP) is 3.44. The van der Waals surface area contributed by atoms with Crippen molar-refractivity contribution in [3.63, 3.8) is 0 Å². The number of carbonyl (C=O) groups excluding carboxylic acids is 1. The number of likely N-dealkylation sites (tertiary alicyclic amines) is 1. The van der Waals surface area contributed by atoms with E-state index in [2.05, 4.69) is 17.3 Å². The maximum atomic E-state index is 12.3. The van der Waals surface area contributed by atoms with E-state index in [1.165, 1.54) is 0 Å². The monoisotopic (exact) mass is 298 g/mol. The largest absolute Gasteiger partial charge is 0.324 e. The summed E-state index contributed by atoms with van der Waals surface area (Å²) >= 11 is 0. The molecule has 0 spiro atoms. The number of rotatable bonds is 2. The van der Waals surface area contributed by atoms with Gasteiger partial charge < -0.3 is 4.90 Å². The molecule has 0 bridgehead atoms. The lowest BCUT2D eigenvalue weighted by Crippen LogP contribution is -2.40. The zero-order valence-corrected chi connectivity index (χ0v) is 13.1. The Balaban J connectivity index is 1.70. The van der Waals surface area contributed by atoms with Crippen LogP contribution in [0.2, 0.25) is 0 Å². The van der Waals surface area contributed by atoms with Crippen LogP contribution in [0.5, 0.6) is 0 Å². The van der Waals surface area contributed by atoms with Crippen LogP contribution in [0.4, 0.5) is 10.6 Å². The summed E-state index contributed by atoms with van der Waals surface area (Å²) in [5.41, 5.74) is 1.94. The van der Waals surface area contributed by atoms with Gasteiger partial charge in [0.2, 0.25) is 0 Å². The smallest absolute Gasteiger partial charge is 0.323 e. The zero-order chi connectivity index (χ0) is 15.5. The van der Waals surface area contributed by atoms with Gasteiger partial charge in [0.1, 0.15) is 0 Å². The normalized spacial score (nSPS) is 15.8. The molecule has 1 fully saturated rings. The van der Waals surface area contributed by atoms with Crippen molar-refractivity contribution in [2.75, 3.05) is 18.4 Å². The molecular formula is C17H22N4O. The molecule has 0 atom stereocenters. The molecule has 2 heterocycles. The second kappa shape index (κ2) is 6.22. The molecule has 0 aliphatic carbocycles. The van der Waals surface area contributed by atoms with Gasteiger partial charge in [-0.2, -0.15) is 0 Å². The van der Waals surface area contributed by atoms with Gasteiger partial charge in [-0.3, -0.25) is 5.32 Å². The molecule has 3 rings (SSSR count). The van der Waals surface area contributed by atoms with Crippen molar-refractivity contribution in [2.24, 2.45) is 5.92 Å². The van der Waals surface area contributed by atoms with E-state index in [0.29, 0.717) is 11.7 Å². The van der Waals surface area contributed by atoms with Crippen molar-refractivity contribution in [1.29, 1.82) is 0 Å². The number of hydrogen-bond donors (Lipinski definition) is 1. The number of carbonyl (C=O) groups is 1. The van der Waals surface area contributed by atoms with Crippen molar-refractivity contribution >= 4 is 11.8 Å². The summed E-state index contributed by atoms with van der Waals surface area (Å²) in [4.78, 5) is 14.2. The molecule has 1 aromatic carbocycles. The molecule has 2 amide bonds. The maximum Gasteiger partial charge on any atom is 0.323 e. The standard InChI is InChI=1S/C17H22N4O/c1-13-8-10-20(11-9-13)17(22)18-16-14(2)12-21(19-16)15-6-4-3-5-7-15/h3-7,12-13H,8-11H2,1-2H3,(H,18,19,22). The summed E-state index contributed by atoms with van der Waals surface area (Å²) in [6, 6.07) is 9.85. The first-order valence-electron chi connectivity index (χ1n) is 7.81. The van der Waals surface area contributed by atoms with Crippen molar-refractivity contribution in [3.8, 4) is 5.69 Å². The lowest BCUT2D eigenvalue weighted by atomic mass is 10.00. The van der Waals surface area contributed by atoms with Crippen LogP contribution in [-0.4, -0.2) is 33.8 Å². The highest BCUT2D eigenvalue weighted by atomic mass is 16.2. The Kier molecular flexibility index (Phi) is 4.13. The average molecular weight is 298 g/mol. The number of urea groups is 1. The van der Waals surface area contributed by atoms with Gasteiger partial charge in [-0.05, 0) is 37.8 Å². The summed E-state index contributed by atoms with van der Waals surface area (Å²) in [5, 5.41) is 7.43. The van der Waals surface area contributed by atoms with Crippen LogP contribution in [0.3, 0.4) is 0 Å². The highest BCUT2D eigenvalue weighted by molar-refractivity contribution is 5.89. The molecule has 0 saturated carbocycles. The second-order valence-corrected chi connectivity index (χ2v) is 6.04. The van der Waals surface area contributed by atoms with Crippen molar-refractivity contribution in [3.05, 3.63) is 42.1 Å². The molecule has 1 aliphatic heterocycles. The quantitative estimate of drug-likeness (QED) is 0.923. The Labute approximate surface area is 130 Å². The van der Waals surface area contributed by atoms with Crippen LogP contribution < -0.4 is 5.32 Å². The molecule has 5 heteroatoms. The molecule has 1 saturated heterocycles. The summed E-state index contributed by atoms with van der Waals surface area (Å²) in [7, 11) is 0. The summed E-state index contributed by atoms with van der Waals surface area (Å²) in [6.07, 6.45) is 4.08. The molecular weight excluding hydrogens is 276 g/mol. The number of aromatic nitrogens is 2. The molecule has 1 aliphatic rings. The first kappa shape index (κ1) is 14.6. The number of amides is 2.